The zero-order valence-corrected chi connectivity index (χ0v) is 8.73. The minimum absolute atomic E-state index is 0.713. The quantitative estimate of drug-likeness (QED) is 0.766. The number of anilines is 1. The van der Waals surface area contributed by atoms with E-state index >= 15 is 0 Å². The van der Waals surface area contributed by atoms with Gasteiger partial charge in [0, 0.05) is 10.3 Å². The van der Waals surface area contributed by atoms with Gasteiger partial charge < -0.3 is 5.73 Å². The van der Waals surface area contributed by atoms with Gasteiger partial charge in [0.15, 0.2) is 0 Å². The van der Waals surface area contributed by atoms with E-state index in [1.54, 1.807) is 11.3 Å². The number of nitrogens with two attached hydrogens (primary N) is 1. The van der Waals surface area contributed by atoms with Crippen LogP contribution in [-0.4, -0.2) is 6.29 Å². The smallest absolute Gasteiger partial charge is 0.150 e. The Hall–Kier alpha value is -1.35. The SMILES string of the molecule is CCc1c(N)sc2ccc(C=O)cc12. The van der Waals surface area contributed by atoms with Crippen LogP contribution in [0.15, 0.2) is 18.2 Å². The fourth-order valence-corrected chi connectivity index (χ4v) is 2.67. The van der Waals surface area contributed by atoms with Crippen LogP contribution in [0.5, 0.6) is 0 Å². The maximum Gasteiger partial charge on any atom is 0.150 e. The van der Waals surface area contributed by atoms with Crippen molar-refractivity contribution in [1.29, 1.82) is 0 Å². The van der Waals surface area contributed by atoms with Gasteiger partial charge in [-0.3, -0.25) is 4.79 Å². The van der Waals surface area contributed by atoms with Crippen molar-refractivity contribution in [2.24, 2.45) is 0 Å². The molecule has 14 heavy (non-hydrogen) atoms. The molecule has 0 spiro atoms. The van der Waals surface area contributed by atoms with E-state index in [0.29, 0.717) is 5.56 Å². The first-order chi connectivity index (χ1) is 6.76. The third-order valence-corrected chi connectivity index (χ3v) is 3.38. The number of carbonyl (C=O) groups excluding carboxylic acids is 1. The molecule has 2 nitrogen and oxygen atoms in total. The van der Waals surface area contributed by atoms with E-state index in [4.69, 9.17) is 5.73 Å². The summed E-state index contributed by atoms with van der Waals surface area (Å²) in [5, 5.41) is 1.99. The molecule has 2 aromatic rings. The first kappa shape index (κ1) is 9.21. The van der Waals surface area contributed by atoms with Gasteiger partial charge in [0.1, 0.15) is 6.29 Å². The molecule has 1 aromatic carbocycles. The lowest BCUT2D eigenvalue weighted by molar-refractivity contribution is 0.112. The molecule has 0 aliphatic rings. The summed E-state index contributed by atoms with van der Waals surface area (Å²) in [5.74, 6) is 0. The van der Waals surface area contributed by atoms with Gasteiger partial charge in [-0.2, -0.15) is 0 Å². The van der Waals surface area contributed by atoms with E-state index in [0.717, 1.165) is 33.4 Å². The van der Waals surface area contributed by atoms with Crippen LogP contribution >= 0.6 is 11.3 Å². The first-order valence-corrected chi connectivity index (χ1v) is 5.34. The summed E-state index contributed by atoms with van der Waals surface area (Å²) in [6.45, 7) is 2.07. The summed E-state index contributed by atoms with van der Waals surface area (Å²) in [4.78, 5) is 10.6. The summed E-state index contributed by atoms with van der Waals surface area (Å²) in [6.07, 6.45) is 1.78. The minimum atomic E-state index is 0.713. The fourth-order valence-electron chi connectivity index (χ4n) is 1.62. The second-order valence-corrected chi connectivity index (χ2v) is 4.26. The number of carbonyl (C=O) groups is 1. The molecule has 0 atom stereocenters. The van der Waals surface area contributed by atoms with Gasteiger partial charge in [0.2, 0.25) is 0 Å². The van der Waals surface area contributed by atoms with Crippen molar-refractivity contribution in [1.82, 2.24) is 0 Å². The Balaban J connectivity index is 2.77. The highest BCUT2D eigenvalue weighted by Gasteiger charge is 2.07. The average Bonchev–Trinajstić information content (AvgIpc) is 2.52. The van der Waals surface area contributed by atoms with Crippen LogP contribution in [0.25, 0.3) is 10.1 Å². The van der Waals surface area contributed by atoms with Gasteiger partial charge in [0.25, 0.3) is 0 Å². The van der Waals surface area contributed by atoms with Crippen molar-refractivity contribution in [3.05, 3.63) is 29.3 Å². The summed E-state index contributed by atoms with van der Waals surface area (Å²) in [6, 6.07) is 5.69. The number of aldehydes is 1. The van der Waals surface area contributed by atoms with Gasteiger partial charge in [-0.25, -0.2) is 0 Å². The van der Waals surface area contributed by atoms with Gasteiger partial charge in [-0.15, -0.1) is 11.3 Å². The number of thiophene rings is 1. The number of aryl methyl sites for hydroxylation is 1. The van der Waals surface area contributed by atoms with E-state index in [1.165, 1.54) is 0 Å². The Morgan fingerprint density at radius 2 is 2.29 bits per heavy atom. The van der Waals surface area contributed by atoms with Crippen LogP contribution < -0.4 is 5.73 Å². The third kappa shape index (κ3) is 1.30. The molecule has 2 rings (SSSR count). The van der Waals surface area contributed by atoms with Crippen molar-refractivity contribution >= 4 is 32.7 Å². The standard InChI is InChI=1S/C11H11NOS/c1-2-8-9-5-7(6-13)3-4-10(9)14-11(8)12/h3-6H,2,12H2,1H3. The highest BCUT2D eigenvalue weighted by atomic mass is 32.1. The van der Waals surface area contributed by atoms with E-state index in [-0.39, 0.29) is 0 Å². The number of rotatable bonds is 2. The molecule has 0 fully saturated rings. The molecule has 3 heteroatoms. The summed E-state index contributed by atoms with van der Waals surface area (Å²) >= 11 is 1.58. The third-order valence-electron chi connectivity index (χ3n) is 2.34. The summed E-state index contributed by atoms with van der Waals surface area (Å²) in [7, 11) is 0. The van der Waals surface area contributed by atoms with Gasteiger partial charge in [-0.1, -0.05) is 13.0 Å². The number of fused-ring (bicyclic) bond motifs is 1. The van der Waals surface area contributed by atoms with Crippen molar-refractivity contribution in [3.63, 3.8) is 0 Å². The number of benzene rings is 1. The highest BCUT2D eigenvalue weighted by Crippen LogP contribution is 2.34. The lowest BCUT2D eigenvalue weighted by Gasteiger charge is -1.96. The Labute approximate surface area is 86.3 Å². The molecular weight excluding hydrogens is 194 g/mol. The summed E-state index contributed by atoms with van der Waals surface area (Å²) < 4.78 is 1.16. The largest absolute Gasteiger partial charge is 0.390 e. The molecule has 0 unspecified atom stereocenters. The molecular formula is C11H11NOS. The van der Waals surface area contributed by atoms with Crippen LogP contribution in [0.1, 0.15) is 22.8 Å². The van der Waals surface area contributed by atoms with Crippen molar-refractivity contribution in [2.75, 3.05) is 5.73 Å². The molecule has 0 bridgehead atoms. The Morgan fingerprint density at radius 1 is 1.50 bits per heavy atom. The predicted molar refractivity (Wildman–Crippen MR) is 61.0 cm³/mol. The van der Waals surface area contributed by atoms with E-state index in [9.17, 15) is 4.79 Å². The van der Waals surface area contributed by atoms with Gasteiger partial charge in [-0.05, 0) is 29.5 Å². The topological polar surface area (TPSA) is 43.1 Å². The average molecular weight is 205 g/mol. The molecule has 0 saturated heterocycles. The summed E-state index contributed by atoms with van der Waals surface area (Å²) in [5.41, 5.74) is 7.76. The Bertz CT molecular complexity index is 487. The lowest BCUT2D eigenvalue weighted by Crippen LogP contribution is -1.86. The molecule has 1 heterocycles. The molecule has 0 amide bonds. The first-order valence-electron chi connectivity index (χ1n) is 4.52. The molecule has 0 aliphatic heterocycles. The monoisotopic (exact) mass is 205 g/mol. The number of hydrogen-bond acceptors (Lipinski definition) is 3. The van der Waals surface area contributed by atoms with Crippen molar-refractivity contribution < 1.29 is 4.79 Å². The van der Waals surface area contributed by atoms with E-state index in [2.05, 4.69) is 6.92 Å². The van der Waals surface area contributed by atoms with Crippen LogP contribution in [0.3, 0.4) is 0 Å². The zero-order valence-electron chi connectivity index (χ0n) is 7.91. The predicted octanol–water partition coefficient (Wildman–Crippen LogP) is 2.86. The highest BCUT2D eigenvalue weighted by molar-refractivity contribution is 7.22. The molecule has 0 radical (unpaired) electrons. The van der Waals surface area contributed by atoms with E-state index < -0.39 is 0 Å². The molecule has 2 N–H and O–H groups in total. The second-order valence-electron chi connectivity index (χ2n) is 3.17. The van der Waals surface area contributed by atoms with Gasteiger partial charge >= 0.3 is 0 Å². The Kier molecular flexibility index (Phi) is 2.25. The second kappa shape index (κ2) is 3.42. The number of hydrogen-bond donors (Lipinski definition) is 1. The van der Waals surface area contributed by atoms with Crippen LogP contribution in [0, 0.1) is 0 Å². The van der Waals surface area contributed by atoms with Crippen LogP contribution in [0.2, 0.25) is 0 Å². The van der Waals surface area contributed by atoms with Crippen LogP contribution in [-0.2, 0) is 6.42 Å². The van der Waals surface area contributed by atoms with Crippen molar-refractivity contribution in [2.45, 2.75) is 13.3 Å². The lowest BCUT2D eigenvalue weighted by atomic mass is 10.1. The maximum absolute atomic E-state index is 10.6. The normalized spacial score (nSPS) is 10.6. The number of nitrogen functional groups attached to an aromatic ring is 1. The van der Waals surface area contributed by atoms with Crippen LogP contribution in [0.4, 0.5) is 5.00 Å². The fraction of sp³-hybridized carbons (Fsp3) is 0.182. The Morgan fingerprint density at radius 3 is 2.93 bits per heavy atom. The molecule has 0 saturated carbocycles. The van der Waals surface area contributed by atoms with Crippen molar-refractivity contribution in [3.8, 4) is 0 Å². The molecule has 1 aromatic heterocycles. The van der Waals surface area contributed by atoms with E-state index in [1.807, 2.05) is 18.2 Å². The zero-order chi connectivity index (χ0) is 10.1. The molecule has 72 valence electrons. The molecule has 0 aliphatic carbocycles. The minimum Gasteiger partial charge on any atom is -0.390 e. The maximum atomic E-state index is 10.6. The van der Waals surface area contributed by atoms with Gasteiger partial charge in [0.05, 0.1) is 5.00 Å².